The van der Waals surface area contributed by atoms with E-state index >= 15 is 0 Å². The van der Waals surface area contributed by atoms with Crippen molar-refractivity contribution in [2.45, 2.75) is 18.9 Å². The fourth-order valence-electron chi connectivity index (χ4n) is 3.76. The van der Waals surface area contributed by atoms with Crippen molar-refractivity contribution in [1.82, 2.24) is 15.1 Å². The number of nitrogens with one attached hydrogen (secondary N) is 1. The molecule has 1 N–H and O–H groups in total. The lowest BCUT2D eigenvalue weighted by molar-refractivity contribution is 0.0635. The summed E-state index contributed by atoms with van der Waals surface area (Å²) in [6.45, 7) is 2.36. The van der Waals surface area contributed by atoms with Gasteiger partial charge < -0.3 is 19.5 Å². The van der Waals surface area contributed by atoms with Crippen LogP contribution in [0.2, 0.25) is 0 Å². The molecule has 6 nitrogen and oxygen atoms in total. The van der Waals surface area contributed by atoms with Crippen LogP contribution >= 0.6 is 0 Å². The summed E-state index contributed by atoms with van der Waals surface area (Å²) in [4.78, 5) is 28.6. The average molecular weight is 357 g/mol. The van der Waals surface area contributed by atoms with E-state index in [9.17, 15) is 14.0 Å². The molecule has 2 aliphatic heterocycles. The van der Waals surface area contributed by atoms with E-state index in [1.807, 2.05) is 0 Å². The Hall–Kier alpha value is -2.83. The van der Waals surface area contributed by atoms with Gasteiger partial charge in [-0.1, -0.05) is 6.07 Å². The van der Waals surface area contributed by atoms with Crippen LogP contribution in [0.1, 0.15) is 23.2 Å². The second kappa shape index (κ2) is 6.82. The number of benzene rings is 1. The normalized spacial score (nSPS) is 20.3. The first-order valence-corrected chi connectivity index (χ1v) is 8.79. The van der Waals surface area contributed by atoms with Gasteiger partial charge >= 0.3 is 6.03 Å². The van der Waals surface area contributed by atoms with E-state index in [2.05, 4.69) is 5.32 Å². The minimum Gasteiger partial charge on any atom is -0.472 e. The molecule has 0 bridgehead atoms. The number of halogens is 1. The Morgan fingerprint density at radius 2 is 2.15 bits per heavy atom. The number of furan rings is 1. The minimum absolute atomic E-state index is 0.00105. The third-order valence-electron chi connectivity index (χ3n) is 5.06. The van der Waals surface area contributed by atoms with Gasteiger partial charge in [-0.25, -0.2) is 9.18 Å². The Balaban J connectivity index is 1.59. The number of hydrogen-bond acceptors (Lipinski definition) is 3. The lowest BCUT2D eigenvalue weighted by atomic mass is 9.98. The second-order valence-corrected chi connectivity index (χ2v) is 6.67. The molecule has 1 atom stereocenters. The van der Waals surface area contributed by atoms with Gasteiger partial charge in [0.1, 0.15) is 5.82 Å². The Bertz CT molecular complexity index is 821. The number of piperidine rings is 1. The molecule has 4 rings (SSSR count). The SMILES string of the molecule is O=C(c1cc(F)ccc1-c1ccoc1)N1CCCC(N2CCNC2=O)C1. The van der Waals surface area contributed by atoms with Crippen LogP contribution in [0.25, 0.3) is 11.1 Å². The molecular formula is C19H20FN3O3. The monoisotopic (exact) mass is 357 g/mol. The van der Waals surface area contributed by atoms with Gasteiger partial charge in [0.15, 0.2) is 0 Å². The molecule has 0 aliphatic carbocycles. The number of carbonyl (C=O) groups is 2. The molecule has 1 aromatic heterocycles. The predicted octanol–water partition coefficient (Wildman–Crippen LogP) is 2.72. The first-order chi connectivity index (χ1) is 12.6. The highest BCUT2D eigenvalue weighted by molar-refractivity contribution is 6.01. The lowest BCUT2D eigenvalue weighted by Gasteiger charge is -2.37. The molecule has 0 radical (unpaired) electrons. The van der Waals surface area contributed by atoms with Crippen molar-refractivity contribution < 1.29 is 18.4 Å². The summed E-state index contributed by atoms with van der Waals surface area (Å²) in [6, 6.07) is 5.89. The van der Waals surface area contributed by atoms with Crippen LogP contribution in [-0.4, -0.2) is 54.0 Å². The highest BCUT2D eigenvalue weighted by Crippen LogP contribution is 2.28. The largest absolute Gasteiger partial charge is 0.472 e. The van der Waals surface area contributed by atoms with E-state index in [0.717, 1.165) is 18.4 Å². The first-order valence-electron chi connectivity index (χ1n) is 8.79. The van der Waals surface area contributed by atoms with Gasteiger partial charge in [-0.3, -0.25) is 4.79 Å². The second-order valence-electron chi connectivity index (χ2n) is 6.67. The van der Waals surface area contributed by atoms with Crippen molar-refractivity contribution in [1.29, 1.82) is 0 Å². The predicted molar refractivity (Wildman–Crippen MR) is 93.1 cm³/mol. The van der Waals surface area contributed by atoms with E-state index in [1.54, 1.807) is 21.9 Å². The third kappa shape index (κ3) is 3.05. The zero-order chi connectivity index (χ0) is 18.1. The number of nitrogens with zero attached hydrogens (tertiary/aromatic N) is 2. The summed E-state index contributed by atoms with van der Waals surface area (Å²) < 4.78 is 18.9. The summed E-state index contributed by atoms with van der Waals surface area (Å²) in [5.41, 5.74) is 1.70. The molecule has 1 aromatic carbocycles. The molecule has 2 fully saturated rings. The molecule has 2 aliphatic rings. The van der Waals surface area contributed by atoms with Gasteiger partial charge in [0.25, 0.3) is 5.91 Å². The fourth-order valence-corrected chi connectivity index (χ4v) is 3.76. The third-order valence-corrected chi connectivity index (χ3v) is 5.06. The van der Waals surface area contributed by atoms with Crippen molar-refractivity contribution in [3.05, 3.63) is 48.2 Å². The van der Waals surface area contributed by atoms with Gasteiger partial charge in [-0.2, -0.15) is 0 Å². The molecule has 2 saturated heterocycles. The summed E-state index contributed by atoms with van der Waals surface area (Å²) in [7, 11) is 0. The van der Waals surface area contributed by atoms with Crippen LogP contribution < -0.4 is 5.32 Å². The van der Waals surface area contributed by atoms with Crippen molar-refractivity contribution in [2.24, 2.45) is 0 Å². The van der Waals surface area contributed by atoms with Gasteiger partial charge in [-0.05, 0) is 36.6 Å². The van der Waals surface area contributed by atoms with Crippen LogP contribution in [-0.2, 0) is 0 Å². The lowest BCUT2D eigenvalue weighted by Crippen LogP contribution is -2.50. The maximum Gasteiger partial charge on any atom is 0.317 e. The topological polar surface area (TPSA) is 65.8 Å². The van der Waals surface area contributed by atoms with E-state index in [4.69, 9.17) is 4.42 Å². The van der Waals surface area contributed by atoms with E-state index in [1.165, 1.54) is 24.7 Å². The molecule has 0 spiro atoms. The fraction of sp³-hybridized carbons (Fsp3) is 0.368. The highest BCUT2D eigenvalue weighted by atomic mass is 19.1. The maximum atomic E-state index is 13.8. The summed E-state index contributed by atoms with van der Waals surface area (Å²) >= 11 is 0. The number of amides is 3. The zero-order valence-corrected chi connectivity index (χ0v) is 14.3. The molecule has 2 aromatic rings. The molecule has 1 unspecified atom stereocenters. The van der Waals surface area contributed by atoms with Gasteiger partial charge in [0, 0.05) is 31.7 Å². The van der Waals surface area contributed by atoms with E-state index < -0.39 is 5.82 Å². The zero-order valence-electron chi connectivity index (χ0n) is 14.3. The van der Waals surface area contributed by atoms with E-state index in [-0.39, 0.29) is 18.0 Å². The van der Waals surface area contributed by atoms with Crippen molar-refractivity contribution >= 4 is 11.9 Å². The molecule has 3 amide bonds. The van der Waals surface area contributed by atoms with Crippen molar-refractivity contribution in [2.75, 3.05) is 26.2 Å². The Kier molecular flexibility index (Phi) is 4.36. The highest BCUT2D eigenvalue weighted by Gasteiger charge is 2.33. The van der Waals surface area contributed by atoms with Crippen LogP contribution in [0, 0.1) is 5.82 Å². The standard InChI is InChI=1S/C19H20FN3O3/c20-14-3-4-16(13-5-9-26-12-13)17(10-14)18(24)22-7-1-2-15(11-22)23-8-6-21-19(23)25/h3-5,9-10,12,15H,1-2,6-8,11H2,(H,21,25). The summed E-state index contributed by atoms with van der Waals surface area (Å²) in [5.74, 6) is -0.668. The maximum absolute atomic E-state index is 13.8. The number of rotatable bonds is 3. The van der Waals surface area contributed by atoms with E-state index in [0.29, 0.717) is 37.3 Å². The van der Waals surface area contributed by atoms with Gasteiger partial charge in [0.2, 0.25) is 0 Å². The molecule has 7 heteroatoms. The van der Waals surface area contributed by atoms with Gasteiger partial charge in [-0.15, -0.1) is 0 Å². The molecular weight excluding hydrogens is 337 g/mol. The number of likely N-dealkylation sites (tertiary alicyclic amines) is 1. The quantitative estimate of drug-likeness (QED) is 0.919. The first kappa shape index (κ1) is 16.6. The number of carbonyl (C=O) groups excluding carboxylic acids is 2. The number of urea groups is 1. The molecule has 26 heavy (non-hydrogen) atoms. The summed E-state index contributed by atoms with van der Waals surface area (Å²) in [5, 5.41) is 2.80. The summed E-state index contributed by atoms with van der Waals surface area (Å²) in [6.07, 6.45) is 4.75. The average Bonchev–Trinajstić information content (AvgIpc) is 3.33. The molecule has 136 valence electrons. The number of hydrogen-bond donors (Lipinski definition) is 1. The van der Waals surface area contributed by atoms with Crippen molar-refractivity contribution in [3.8, 4) is 11.1 Å². The smallest absolute Gasteiger partial charge is 0.317 e. The van der Waals surface area contributed by atoms with Crippen LogP contribution in [0.4, 0.5) is 9.18 Å². The van der Waals surface area contributed by atoms with Crippen LogP contribution in [0.15, 0.2) is 41.2 Å². The van der Waals surface area contributed by atoms with Gasteiger partial charge in [0.05, 0.1) is 24.1 Å². The Morgan fingerprint density at radius 1 is 1.27 bits per heavy atom. The van der Waals surface area contributed by atoms with Crippen LogP contribution in [0.5, 0.6) is 0 Å². The Labute approximate surface area is 150 Å². The van der Waals surface area contributed by atoms with Crippen LogP contribution in [0.3, 0.4) is 0 Å². The molecule has 3 heterocycles. The minimum atomic E-state index is -0.451. The molecule has 0 saturated carbocycles. The Morgan fingerprint density at radius 3 is 2.88 bits per heavy atom. The van der Waals surface area contributed by atoms with Crippen molar-refractivity contribution in [3.63, 3.8) is 0 Å².